The number of hydrogen-bond donors (Lipinski definition) is 3. The Bertz CT molecular complexity index is 544. The molecule has 0 saturated carbocycles. The number of aliphatic hydroxyl groups is 1. The molecule has 1 amide bonds. The van der Waals surface area contributed by atoms with E-state index in [1.165, 1.54) is 0 Å². The van der Waals surface area contributed by atoms with Crippen LogP contribution >= 0.6 is 0 Å². The largest absolute Gasteiger partial charge is 0.388 e. The Morgan fingerprint density at radius 3 is 2.60 bits per heavy atom. The lowest BCUT2D eigenvalue weighted by Gasteiger charge is -2.21. The molecule has 1 aromatic rings. The van der Waals surface area contributed by atoms with Crippen LogP contribution in [0, 0.1) is 5.92 Å². The van der Waals surface area contributed by atoms with Gasteiger partial charge in [-0.25, -0.2) is 13.2 Å². The molecule has 25 heavy (non-hydrogen) atoms. The Balaban J connectivity index is 1.95. The Morgan fingerprint density at radius 1 is 1.32 bits per heavy atom. The van der Waals surface area contributed by atoms with Gasteiger partial charge in [0.05, 0.1) is 18.2 Å². The number of aliphatic hydroxyl groups excluding tert-OH is 1. The minimum Gasteiger partial charge on any atom is -0.388 e. The zero-order valence-electron chi connectivity index (χ0n) is 14.2. The fraction of sp³-hybridized carbons (Fsp3) is 0.611. The monoisotopic (exact) mass is 358 g/mol. The van der Waals surface area contributed by atoms with Crippen LogP contribution in [0.2, 0.25) is 0 Å². The van der Waals surface area contributed by atoms with Gasteiger partial charge in [-0.2, -0.15) is 0 Å². The maximum Gasteiger partial charge on any atom is 0.254 e. The normalized spacial score (nSPS) is 27.4. The number of hydrogen-bond acceptors (Lipinski definition) is 3. The molecule has 0 bridgehead atoms. The van der Waals surface area contributed by atoms with Crippen molar-refractivity contribution in [2.75, 3.05) is 6.54 Å². The first kappa shape index (κ1) is 19.7. The van der Waals surface area contributed by atoms with Crippen molar-refractivity contribution in [3.63, 3.8) is 0 Å². The Kier molecular flexibility index (Phi) is 7.25. The van der Waals surface area contributed by atoms with Gasteiger partial charge in [-0.05, 0) is 18.4 Å². The fourth-order valence-corrected chi connectivity index (χ4v) is 3.27. The van der Waals surface area contributed by atoms with Crippen LogP contribution in [-0.4, -0.2) is 42.2 Å². The van der Waals surface area contributed by atoms with Gasteiger partial charge in [0.1, 0.15) is 6.17 Å². The van der Waals surface area contributed by atoms with Crippen LogP contribution in [0.5, 0.6) is 0 Å². The van der Waals surface area contributed by atoms with Crippen LogP contribution in [0.4, 0.5) is 13.2 Å². The van der Waals surface area contributed by atoms with Gasteiger partial charge >= 0.3 is 0 Å². The van der Waals surface area contributed by atoms with Crippen LogP contribution in [0.1, 0.15) is 37.9 Å². The fourth-order valence-electron chi connectivity index (χ4n) is 3.27. The van der Waals surface area contributed by atoms with Crippen LogP contribution in [-0.2, 0) is 4.79 Å². The van der Waals surface area contributed by atoms with Crippen molar-refractivity contribution in [2.45, 2.75) is 57.0 Å². The van der Waals surface area contributed by atoms with E-state index in [4.69, 9.17) is 0 Å². The molecule has 1 aliphatic rings. The number of nitrogens with one attached hydrogen (secondary N) is 2. The summed E-state index contributed by atoms with van der Waals surface area (Å²) in [6.07, 6.45) is -4.42. The van der Waals surface area contributed by atoms with E-state index < -0.39 is 36.7 Å². The third-order valence-electron chi connectivity index (χ3n) is 4.73. The molecule has 7 heteroatoms. The first-order valence-electron chi connectivity index (χ1n) is 8.62. The topological polar surface area (TPSA) is 61.4 Å². The molecule has 4 nitrogen and oxygen atoms in total. The summed E-state index contributed by atoms with van der Waals surface area (Å²) in [6, 6.07) is 6.76. The summed E-state index contributed by atoms with van der Waals surface area (Å²) in [7, 11) is 0. The molecule has 1 aliphatic heterocycles. The average Bonchev–Trinajstić information content (AvgIpc) is 2.94. The van der Waals surface area contributed by atoms with Crippen molar-refractivity contribution in [1.82, 2.24) is 10.6 Å². The molecule has 0 spiro atoms. The predicted octanol–water partition coefficient (Wildman–Crippen LogP) is 2.59. The van der Waals surface area contributed by atoms with Gasteiger partial charge < -0.3 is 15.7 Å². The third kappa shape index (κ3) is 5.19. The predicted molar refractivity (Wildman–Crippen MR) is 89.0 cm³/mol. The lowest BCUT2D eigenvalue weighted by molar-refractivity contribution is -0.120. The van der Waals surface area contributed by atoms with Gasteiger partial charge in [0.15, 0.2) is 0 Å². The van der Waals surface area contributed by atoms with E-state index in [2.05, 4.69) is 10.6 Å². The van der Waals surface area contributed by atoms with Gasteiger partial charge in [0.25, 0.3) is 6.43 Å². The second-order valence-corrected chi connectivity index (χ2v) is 6.40. The number of carbonyl (C=O) groups is 1. The van der Waals surface area contributed by atoms with Gasteiger partial charge in [0.2, 0.25) is 5.91 Å². The highest BCUT2D eigenvalue weighted by molar-refractivity contribution is 5.75. The highest BCUT2D eigenvalue weighted by Gasteiger charge is 2.46. The van der Waals surface area contributed by atoms with E-state index in [0.29, 0.717) is 5.56 Å². The first-order chi connectivity index (χ1) is 11.9. The SMILES string of the molecule is CCC(=O)NC[C@H]1N[C@H](C(F)F)[C@@H](CCC(O)c2ccccc2)[C@@H]1F. The van der Waals surface area contributed by atoms with E-state index in [1.807, 2.05) is 6.07 Å². The lowest BCUT2D eigenvalue weighted by Crippen LogP contribution is -2.44. The maximum atomic E-state index is 14.6. The standard InChI is InChI=1S/C18H25F3N2O2/c1-2-15(25)22-10-13-16(19)12(17(23-13)18(20)21)8-9-14(24)11-6-4-3-5-7-11/h3-7,12-14,16-18,23-24H,2,8-10H2,1H3,(H,22,25)/t12-,13+,14?,16-,17-/m0/s1. The van der Waals surface area contributed by atoms with Crippen molar-refractivity contribution in [3.05, 3.63) is 35.9 Å². The van der Waals surface area contributed by atoms with Gasteiger partial charge in [0, 0.05) is 18.9 Å². The van der Waals surface area contributed by atoms with Crippen molar-refractivity contribution in [3.8, 4) is 0 Å². The molecule has 1 saturated heterocycles. The maximum absolute atomic E-state index is 14.6. The molecule has 2 rings (SSSR count). The number of rotatable bonds is 8. The summed E-state index contributed by atoms with van der Waals surface area (Å²) in [4.78, 5) is 11.3. The second-order valence-electron chi connectivity index (χ2n) is 6.40. The minimum absolute atomic E-state index is 0.0190. The van der Waals surface area contributed by atoms with Gasteiger partial charge in [-0.3, -0.25) is 4.79 Å². The molecule has 0 aliphatic carbocycles. The molecule has 1 aromatic carbocycles. The van der Waals surface area contributed by atoms with E-state index in [-0.39, 0.29) is 31.7 Å². The number of benzene rings is 1. The first-order valence-corrected chi connectivity index (χ1v) is 8.62. The van der Waals surface area contributed by atoms with Crippen LogP contribution in [0.3, 0.4) is 0 Å². The lowest BCUT2D eigenvalue weighted by atomic mass is 9.89. The van der Waals surface area contributed by atoms with Crippen molar-refractivity contribution in [2.24, 2.45) is 5.92 Å². The van der Waals surface area contributed by atoms with Gasteiger partial charge in [-0.1, -0.05) is 37.3 Å². The van der Waals surface area contributed by atoms with Crippen molar-refractivity contribution < 1.29 is 23.1 Å². The molecule has 1 unspecified atom stereocenters. The van der Waals surface area contributed by atoms with E-state index >= 15 is 0 Å². The summed E-state index contributed by atoms with van der Waals surface area (Å²) < 4.78 is 41.2. The molecule has 5 atom stereocenters. The quantitative estimate of drug-likeness (QED) is 0.669. The van der Waals surface area contributed by atoms with E-state index in [1.54, 1.807) is 31.2 Å². The Hall–Kier alpha value is -1.60. The number of halogens is 3. The van der Waals surface area contributed by atoms with Crippen LogP contribution in [0.25, 0.3) is 0 Å². The van der Waals surface area contributed by atoms with Crippen molar-refractivity contribution in [1.29, 1.82) is 0 Å². The molecule has 1 heterocycles. The van der Waals surface area contributed by atoms with Crippen LogP contribution < -0.4 is 10.6 Å². The molecule has 1 fully saturated rings. The average molecular weight is 358 g/mol. The zero-order valence-corrected chi connectivity index (χ0v) is 14.2. The van der Waals surface area contributed by atoms with E-state index in [0.717, 1.165) is 0 Å². The summed E-state index contributed by atoms with van der Waals surface area (Å²) in [5.41, 5.74) is 0.684. The Morgan fingerprint density at radius 2 is 2.00 bits per heavy atom. The molecule has 140 valence electrons. The molecular weight excluding hydrogens is 333 g/mol. The zero-order chi connectivity index (χ0) is 18.4. The summed E-state index contributed by atoms with van der Waals surface area (Å²) in [6.45, 7) is 1.65. The van der Waals surface area contributed by atoms with Crippen LogP contribution in [0.15, 0.2) is 30.3 Å². The second kappa shape index (κ2) is 9.20. The van der Waals surface area contributed by atoms with E-state index in [9.17, 15) is 23.1 Å². The summed E-state index contributed by atoms with van der Waals surface area (Å²) >= 11 is 0. The highest BCUT2D eigenvalue weighted by atomic mass is 19.3. The smallest absolute Gasteiger partial charge is 0.254 e. The molecule has 0 radical (unpaired) electrons. The summed E-state index contributed by atoms with van der Waals surface area (Å²) in [5, 5.41) is 15.3. The van der Waals surface area contributed by atoms with Crippen molar-refractivity contribution >= 4 is 5.91 Å². The Labute approximate surface area is 145 Å². The summed E-state index contributed by atoms with van der Waals surface area (Å²) in [5.74, 6) is -1.15. The minimum atomic E-state index is -2.70. The van der Waals surface area contributed by atoms with Gasteiger partial charge in [-0.15, -0.1) is 0 Å². The molecular formula is C18H25F3N2O2. The number of alkyl halides is 3. The highest BCUT2D eigenvalue weighted by Crippen LogP contribution is 2.33. The molecule has 0 aromatic heterocycles. The number of amides is 1. The number of carbonyl (C=O) groups excluding carboxylic acids is 1. The molecule has 3 N–H and O–H groups in total. The third-order valence-corrected chi connectivity index (χ3v) is 4.73.